The van der Waals surface area contributed by atoms with Crippen molar-refractivity contribution in [2.45, 2.75) is 32.7 Å². The summed E-state index contributed by atoms with van der Waals surface area (Å²) < 4.78 is 0. The molecule has 1 aliphatic heterocycles. The van der Waals surface area contributed by atoms with Gasteiger partial charge in [-0.25, -0.2) is 0 Å². The van der Waals surface area contributed by atoms with Gasteiger partial charge in [-0.2, -0.15) is 0 Å². The number of hydrogen-bond donors (Lipinski definition) is 1. The van der Waals surface area contributed by atoms with Gasteiger partial charge in [0.25, 0.3) is 0 Å². The molecule has 0 aromatic rings. The molecule has 1 N–H and O–H groups in total. The van der Waals surface area contributed by atoms with E-state index in [0.717, 1.165) is 12.6 Å². The van der Waals surface area contributed by atoms with Crippen LogP contribution in [0.25, 0.3) is 0 Å². The van der Waals surface area contributed by atoms with Crippen LogP contribution in [0, 0.1) is 5.41 Å². The highest BCUT2D eigenvalue weighted by Crippen LogP contribution is 2.20. The lowest BCUT2D eigenvalue weighted by atomic mass is 9.91. The molecule has 0 aromatic heterocycles. The van der Waals surface area contributed by atoms with Gasteiger partial charge >= 0.3 is 0 Å². The highest BCUT2D eigenvalue weighted by atomic mass is 15.2. The van der Waals surface area contributed by atoms with Crippen LogP contribution in [0.4, 0.5) is 0 Å². The first kappa shape index (κ1) is 13.9. The van der Waals surface area contributed by atoms with E-state index >= 15 is 0 Å². The quantitative estimate of drug-likeness (QED) is 0.763. The van der Waals surface area contributed by atoms with Crippen LogP contribution in [0.2, 0.25) is 0 Å². The standard InChI is InChI=1S/C13H29N3/c1-13(2,10-14-3)11-16-8-6-7-12(9-16)15(4)5/h12,14H,6-11H2,1-5H3. The number of piperidine rings is 1. The van der Waals surface area contributed by atoms with Crippen molar-refractivity contribution in [3.05, 3.63) is 0 Å². The van der Waals surface area contributed by atoms with Crippen molar-refractivity contribution in [2.24, 2.45) is 5.41 Å². The van der Waals surface area contributed by atoms with Crippen LogP contribution in [0.15, 0.2) is 0 Å². The molecule has 0 saturated carbocycles. The number of likely N-dealkylation sites (tertiary alicyclic amines) is 1. The number of hydrogen-bond acceptors (Lipinski definition) is 3. The van der Waals surface area contributed by atoms with Gasteiger partial charge in [-0.1, -0.05) is 13.8 Å². The van der Waals surface area contributed by atoms with Gasteiger partial charge in [-0.15, -0.1) is 0 Å². The summed E-state index contributed by atoms with van der Waals surface area (Å²) in [7, 11) is 6.44. The molecular formula is C13H29N3. The Kier molecular flexibility index (Phi) is 5.22. The van der Waals surface area contributed by atoms with Gasteiger partial charge in [0.1, 0.15) is 0 Å². The smallest absolute Gasteiger partial charge is 0.0217 e. The summed E-state index contributed by atoms with van der Waals surface area (Å²) >= 11 is 0. The Morgan fingerprint density at radius 3 is 2.62 bits per heavy atom. The third-order valence-electron chi connectivity index (χ3n) is 3.52. The second-order valence-electron chi connectivity index (χ2n) is 6.19. The van der Waals surface area contributed by atoms with E-state index in [-0.39, 0.29) is 0 Å². The minimum atomic E-state index is 0.378. The van der Waals surface area contributed by atoms with Crippen LogP contribution in [0.3, 0.4) is 0 Å². The Balaban J connectivity index is 2.42. The van der Waals surface area contributed by atoms with Crippen molar-refractivity contribution in [2.75, 3.05) is 47.3 Å². The molecule has 0 amide bonds. The van der Waals surface area contributed by atoms with Crippen molar-refractivity contribution in [1.29, 1.82) is 0 Å². The Bertz CT molecular complexity index is 201. The summed E-state index contributed by atoms with van der Waals surface area (Å²) in [5.74, 6) is 0. The molecule has 1 fully saturated rings. The summed E-state index contributed by atoms with van der Waals surface area (Å²) in [5.41, 5.74) is 0.378. The number of nitrogens with one attached hydrogen (secondary N) is 1. The van der Waals surface area contributed by atoms with E-state index < -0.39 is 0 Å². The molecule has 96 valence electrons. The second kappa shape index (κ2) is 5.99. The fourth-order valence-corrected chi connectivity index (χ4v) is 2.74. The van der Waals surface area contributed by atoms with Gasteiger partial charge in [0.15, 0.2) is 0 Å². The summed E-state index contributed by atoms with van der Waals surface area (Å²) in [5, 5.41) is 3.29. The highest BCUT2D eigenvalue weighted by Gasteiger charge is 2.26. The summed E-state index contributed by atoms with van der Waals surface area (Å²) in [6, 6.07) is 0.749. The number of likely N-dealkylation sites (N-methyl/N-ethyl adjacent to an activating group) is 1. The predicted octanol–water partition coefficient (Wildman–Crippen LogP) is 1.26. The van der Waals surface area contributed by atoms with Gasteiger partial charge in [-0.3, -0.25) is 0 Å². The highest BCUT2D eigenvalue weighted by molar-refractivity contribution is 4.82. The average molecular weight is 227 g/mol. The molecule has 3 nitrogen and oxygen atoms in total. The van der Waals surface area contributed by atoms with Crippen LogP contribution in [0.1, 0.15) is 26.7 Å². The molecule has 1 heterocycles. The van der Waals surface area contributed by atoms with E-state index in [1.807, 2.05) is 7.05 Å². The first-order chi connectivity index (χ1) is 7.44. The SMILES string of the molecule is CNCC(C)(C)CN1CCCC(N(C)C)C1. The molecule has 0 aliphatic carbocycles. The summed E-state index contributed by atoms with van der Waals surface area (Å²) in [4.78, 5) is 5.00. The topological polar surface area (TPSA) is 18.5 Å². The van der Waals surface area contributed by atoms with Crippen LogP contribution in [0.5, 0.6) is 0 Å². The largest absolute Gasteiger partial charge is 0.319 e. The van der Waals surface area contributed by atoms with Gasteiger partial charge in [0, 0.05) is 25.7 Å². The monoisotopic (exact) mass is 227 g/mol. The zero-order valence-corrected chi connectivity index (χ0v) is 11.7. The molecule has 0 bridgehead atoms. The van der Waals surface area contributed by atoms with Crippen LogP contribution in [-0.4, -0.2) is 63.2 Å². The van der Waals surface area contributed by atoms with Gasteiger partial charge in [-0.05, 0) is 45.9 Å². The molecule has 0 spiro atoms. The molecule has 1 rings (SSSR count). The van der Waals surface area contributed by atoms with Crippen molar-refractivity contribution >= 4 is 0 Å². The molecule has 0 aromatic carbocycles. The Morgan fingerprint density at radius 1 is 1.38 bits per heavy atom. The summed E-state index contributed by atoms with van der Waals surface area (Å²) in [6.07, 6.45) is 2.70. The molecule has 1 aliphatic rings. The first-order valence-corrected chi connectivity index (χ1v) is 6.48. The first-order valence-electron chi connectivity index (χ1n) is 6.48. The Labute approximate surface area is 101 Å². The lowest BCUT2D eigenvalue weighted by Crippen LogP contribution is -2.49. The van der Waals surface area contributed by atoms with Crippen molar-refractivity contribution in [3.8, 4) is 0 Å². The average Bonchev–Trinajstić information content (AvgIpc) is 2.17. The Morgan fingerprint density at radius 2 is 2.06 bits per heavy atom. The third-order valence-corrected chi connectivity index (χ3v) is 3.52. The molecule has 1 saturated heterocycles. The third kappa shape index (κ3) is 4.40. The van der Waals surface area contributed by atoms with Crippen molar-refractivity contribution in [1.82, 2.24) is 15.1 Å². The van der Waals surface area contributed by atoms with Gasteiger partial charge < -0.3 is 15.1 Å². The molecule has 3 heteroatoms. The zero-order valence-electron chi connectivity index (χ0n) is 11.7. The minimum absolute atomic E-state index is 0.378. The van der Waals surface area contributed by atoms with Crippen molar-refractivity contribution < 1.29 is 0 Å². The lowest BCUT2D eigenvalue weighted by Gasteiger charge is -2.40. The predicted molar refractivity (Wildman–Crippen MR) is 70.9 cm³/mol. The van der Waals surface area contributed by atoms with Crippen LogP contribution in [-0.2, 0) is 0 Å². The summed E-state index contributed by atoms with van der Waals surface area (Å²) in [6.45, 7) is 9.51. The molecule has 0 radical (unpaired) electrons. The van der Waals surface area contributed by atoms with E-state index in [4.69, 9.17) is 0 Å². The maximum atomic E-state index is 3.29. The van der Waals surface area contributed by atoms with Crippen LogP contribution >= 0.6 is 0 Å². The number of rotatable bonds is 5. The molecule has 16 heavy (non-hydrogen) atoms. The minimum Gasteiger partial charge on any atom is -0.319 e. The van der Waals surface area contributed by atoms with Crippen LogP contribution < -0.4 is 5.32 Å². The van der Waals surface area contributed by atoms with E-state index in [0.29, 0.717) is 5.41 Å². The maximum Gasteiger partial charge on any atom is 0.0217 e. The number of nitrogens with zero attached hydrogens (tertiary/aromatic N) is 2. The fourth-order valence-electron chi connectivity index (χ4n) is 2.74. The molecule has 1 atom stereocenters. The molecular weight excluding hydrogens is 198 g/mol. The van der Waals surface area contributed by atoms with Crippen molar-refractivity contribution in [3.63, 3.8) is 0 Å². The lowest BCUT2D eigenvalue weighted by molar-refractivity contribution is 0.0970. The second-order valence-corrected chi connectivity index (χ2v) is 6.19. The van der Waals surface area contributed by atoms with E-state index in [9.17, 15) is 0 Å². The Hall–Kier alpha value is -0.120. The molecule has 1 unspecified atom stereocenters. The normalized spacial score (nSPS) is 24.0. The van der Waals surface area contributed by atoms with Gasteiger partial charge in [0.05, 0.1) is 0 Å². The van der Waals surface area contributed by atoms with Gasteiger partial charge in [0.2, 0.25) is 0 Å². The van der Waals surface area contributed by atoms with E-state index in [1.54, 1.807) is 0 Å². The zero-order chi connectivity index (χ0) is 12.2. The van der Waals surface area contributed by atoms with E-state index in [1.165, 1.54) is 32.5 Å². The fraction of sp³-hybridized carbons (Fsp3) is 1.00. The van der Waals surface area contributed by atoms with E-state index in [2.05, 4.69) is 43.1 Å². The maximum absolute atomic E-state index is 3.29.